The van der Waals surface area contributed by atoms with Gasteiger partial charge in [-0.1, -0.05) is 34.5 Å². The Kier molecular flexibility index (Phi) is 5.92. The Morgan fingerprint density at radius 2 is 2.07 bits per heavy atom. The number of benzene rings is 2. The third-order valence-corrected chi connectivity index (χ3v) is 6.09. The van der Waals surface area contributed by atoms with Gasteiger partial charge in [-0.2, -0.15) is 0 Å². The Balaban J connectivity index is 2.13. The first kappa shape index (κ1) is 19.9. The van der Waals surface area contributed by atoms with Gasteiger partial charge in [0.15, 0.2) is 0 Å². The summed E-state index contributed by atoms with van der Waals surface area (Å²) in [5.74, 6) is 0.382. The van der Waals surface area contributed by atoms with Gasteiger partial charge < -0.3 is 0 Å². The molecule has 1 aromatic heterocycles. The standard InChI is InChI=1S/C17H13BrClF2N3O2S/c1-2-27(26)15-4-3-9(19)5-14(15)23-24-8-22-13-7-12(18)10(16(20)21)6-11(13)17(24)25/h3-8,16,23H,2H2,1H3. The summed E-state index contributed by atoms with van der Waals surface area (Å²) in [4.78, 5) is 17.3. The van der Waals surface area contributed by atoms with E-state index in [4.69, 9.17) is 11.6 Å². The quantitative estimate of drug-likeness (QED) is 0.577. The van der Waals surface area contributed by atoms with Crippen LogP contribution in [0.3, 0.4) is 0 Å². The predicted octanol–water partition coefficient (Wildman–Crippen LogP) is 4.75. The van der Waals surface area contributed by atoms with Crippen molar-refractivity contribution in [3.63, 3.8) is 0 Å². The van der Waals surface area contributed by atoms with Gasteiger partial charge in [-0.3, -0.25) is 14.4 Å². The van der Waals surface area contributed by atoms with Crippen molar-refractivity contribution in [2.24, 2.45) is 0 Å². The van der Waals surface area contributed by atoms with Crippen molar-refractivity contribution in [1.29, 1.82) is 0 Å². The van der Waals surface area contributed by atoms with Crippen LogP contribution in [0.25, 0.3) is 10.9 Å². The number of hydrogen-bond donors (Lipinski definition) is 1. The van der Waals surface area contributed by atoms with Crippen molar-refractivity contribution < 1.29 is 13.0 Å². The molecular weight excluding hydrogens is 464 g/mol. The summed E-state index contributed by atoms with van der Waals surface area (Å²) in [6.45, 7) is 1.77. The maximum Gasteiger partial charge on any atom is 0.280 e. The molecule has 0 fully saturated rings. The lowest BCUT2D eigenvalue weighted by molar-refractivity contribution is 0.150. The molecule has 0 aliphatic carbocycles. The Morgan fingerprint density at radius 3 is 2.74 bits per heavy atom. The minimum atomic E-state index is -2.74. The summed E-state index contributed by atoms with van der Waals surface area (Å²) >= 11 is 9.07. The molecule has 27 heavy (non-hydrogen) atoms. The van der Waals surface area contributed by atoms with Gasteiger partial charge in [0.05, 0.1) is 32.3 Å². The highest BCUT2D eigenvalue weighted by Gasteiger charge is 2.16. The molecule has 0 aliphatic heterocycles. The van der Waals surface area contributed by atoms with E-state index in [0.717, 1.165) is 10.7 Å². The summed E-state index contributed by atoms with van der Waals surface area (Å²) < 4.78 is 39.7. The fraction of sp³-hybridized carbons (Fsp3) is 0.176. The number of hydrogen-bond acceptors (Lipinski definition) is 4. The molecule has 0 aliphatic rings. The van der Waals surface area contributed by atoms with Gasteiger partial charge >= 0.3 is 0 Å². The van der Waals surface area contributed by atoms with Crippen LogP contribution in [0.2, 0.25) is 5.02 Å². The highest BCUT2D eigenvalue weighted by molar-refractivity contribution is 9.10. The molecule has 0 saturated heterocycles. The van der Waals surface area contributed by atoms with Crippen molar-refractivity contribution >= 4 is 54.9 Å². The number of aromatic nitrogens is 2. The molecule has 142 valence electrons. The highest BCUT2D eigenvalue weighted by atomic mass is 79.9. The van der Waals surface area contributed by atoms with Gasteiger partial charge in [-0.15, -0.1) is 0 Å². The minimum Gasteiger partial charge on any atom is -0.289 e. The van der Waals surface area contributed by atoms with Gasteiger partial charge in [0, 0.05) is 20.8 Å². The largest absolute Gasteiger partial charge is 0.289 e. The molecule has 10 heteroatoms. The Morgan fingerprint density at radius 1 is 1.33 bits per heavy atom. The molecular formula is C17H13BrClF2N3O2S. The normalized spacial score (nSPS) is 12.5. The van der Waals surface area contributed by atoms with Crippen molar-refractivity contribution in [3.8, 4) is 0 Å². The zero-order chi connectivity index (χ0) is 19.7. The second kappa shape index (κ2) is 8.04. The van der Waals surface area contributed by atoms with Crippen molar-refractivity contribution in [2.75, 3.05) is 11.2 Å². The molecule has 0 saturated carbocycles. The van der Waals surface area contributed by atoms with E-state index in [1.807, 2.05) is 0 Å². The Hall–Kier alpha value is -1.84. The average Bonchev–Trinajstić information content (AvgIpc) is 2.63. The number of rotatable bonds is 5. The second-order valence-electron chi connectivity index (χ2n) is 5.50. The average molecular weight is 477 g/mol. The topological polar surface area (TPSA) is 64.0 Å². The SMILES string of the molecule is CCS(=O)c1ccc(Cl)cc1Nn1cnc2cc(Br)c(C(F)F)cc2c1=O. The summed E-state index contributed by atoms with van der Waals surface area (Å²) in [7, 11) is -1.29. The number of nitrogens with one attached hydrogen (secondary N) is 1. The van der Waals surface area contributed by atoms with Gasteiger partial charge in [-0.25, -0.2) is 18.4 Å². The smallest absolute Gasteiger partial charge is 0.280 e. The van der Waals surface area contributed by atoms with Crippen LogP contribution in [0.4, 0.5) is 14.5 Å². The molecule has 0 spiro atoms. The molecule has 1 N–H and O–H groups in total. The van der Waals surface area contributed by atoms with Gasteiger partial charge in [-0.05, 0) is 30.3 Å². The van der Waals surface area contributed by atoms with Gasteiger partial charge in [0.2, 0.25) is 0 Å². The molecule has 0 bridgehead atoms. The van der Waals surface area contributed by atoms with Crippen LogP contribution in [-0.2, 0) is 10.8 Å². The molecule has 0 radical (unpaired) electrons. The lowest BCUT2D eigenvalue weighted by Gasteiger charge is -2.14. The van der Waals surface area contributed by atoms with E-state index < -0.39 is 22.8 Å². The molecule has 1 unspecified atom stereocenters. The predicted molar refractivity (Wildman–Crippen MR) is 106 cm³/mol. The van der Waals surface area contributed by atoms with E-state index in [0.29, 0.717) is 21.4 Å². The fourth-order valence-electron chi connectivity index (χ4n) is 2.48. The first-order valence-electron chi connectivity index (χ1n) is 7.75. The van der Waals surface area contributed by atoms with Crippen LogP contribution in [0.15, 0.2) is 50.8 Å². The van der Waals surface area contributed by atoms with E-state index in [1.165, 1.54) is 18.5 Å². The zero-order valence-electron chi connectivity index (χ0n) is 13.9. The van der Waals surface area contributed by atoms with Crippen LogP contribution in [0.5, 0.6) is 0 Å². The van der Waals surface area contributed by atoms with E-state index in [9.17, 15) is 17.8 Å². The van der Waals surface area contributed by atoms with Crippen LogP contribution < -0.4 is 11.0 Å². The molecule has 1 heterocycles. The van der Waals surface area contributed by atoms with Crippen LogP contribution >= 0.6 is 27.5 Å². The van der Waals surface area contributed by atoms with Crippen molar-refractivity contribution in [2.45, 2.75) is 18.2 Å². The third-order valence-electron chi connectivity index (χ3n) is 3.80. The Labute approximate surface area is 168 Å². The van der Waals surface area contributed by atoms with E-state index in [-0.39, 0.29) is 20.9 Å². The van der Waals surface area contributed by atoms with Gasteiger partial charge in [0.25, 0.3) is 12.0 Å². The number of anilines is 1. The monoisotopic (exact) mass is 475 g/mol. The number of nitrogens with zero attached hydrogens (tertiary/aromatic N) is 2. The highest BCUT2D eigenvalue weighted by Crippen LogP contribution is 2.30. The first-order valence-corrected chi connectivity index (χ1v) is 10.2. The number of halogens is 4. The lowest BCUT2D eigenvalue weighted by Crippen LogP contribution is -2.27. The van der Waals surface area contributed by atoms with Crippen molar-refractivity contribution in [3.05, 3.63) is 62.1 Å². The first-order chi connectivity index (χ1) is 12.8. The number of fused-ring (bicyclic) bond motifs is 1. The van der Waals surface area contributed by atoms with E-state index in [2.05, 4.69) is 26.3 Å². The van der Waals surface area contributed by atoms with E-state index in [1.54, 1.807) is 19.1 Å². The van der Waals surface area contributed by atoms with Crippen LogP contribution in [-0.4, -0.2) is 19.6 Å². The third kappa shape index (κ3) is 4.04. The maximum atomic E-state index is 13.1. The maximum absolute atomic E-state index is 13.1. The second-order valence-corrected chi connectivity index (χ2v) is 8.50. The van der Waals surface area contributed by atoms with Gasteiger partial charge in [0.1, 0.15) is 6.33 Å². The lowest BCUT2D eigenvalue weighted by atomic mass is 10.1. The molecule has 3 rings (SSSR count). The zero-order valence-corrected chi connectivity index (χ0v) is 17.0. The van der Waals surface area contributed by atoms with Crippen LogP contribution in [0.1, 0.15) is 18.9 Å². The molecule has 0 amide bonds. The Bertz CT molecular complexity index is 1110. The summed E-state index contributed by atoms with van der Waals surface area (Å²) in [5.41, 5.74) is 2.60. The molecule has 5 nitrogen and oxygen atoms in total. The fourth-order valence-corrected chi connectivity index (χ4v) is 4.04. The van der Waals surface area contributed by atoms with Crippen molar-refractivity contribution in [1.82, 2.24) is 9.66 Å². The van der Waals surface area contributed by atoms with Crippen LogP contribution in [0, 0.1) is 0 Å². The summed E-state index contributed by atoms with van der Waals surface area (Å²) in [6.07, 6.45) is -1.50. The van der Waals surface area contributed by atoms with E-state index >= 15 is 0 Å². The molecule has 1 atom stereocenters. The summed E-state index contributed by atoms with van der Waals surface area (Å²) in [5, 5.41) is 0.420. The molecule has 2 aromatic carbocycles. The summed E-state index contributed by atoms with van der Waals surface area (Å²) in [6, 6.07) is 7.23. The number of alkyl halides is 2. The molecule has 3 aromatic rings. The minimum absolute atomic E-state index is 0.0312.